The molecule has 0 saturated heterocycles. The number of fused-ring (bicyclic) bond motifs is 1. The Labute approximate surface area is 121 Å². The Balaban J connectivity index is 2.02. The fourth-order valence-corrected chi connectivity index (χ4v) is 2.26. The molecule has 0 bridgehead atoms. The second-order valence-electron chi connectivity index (χ2n) is 5.19. The third-order valence-electron chi connectivity index (χ3n) is 3.32. The molecule has 6 heteroatoms. The zero-order chi connectivity index (χ0) is 15.0. The molecule has 3 aromatic rings. The maximum atomic E-state index is 11.3. The van der Waals surface area contributed by atoms with Gasteiger partial charge >= 0.3 is 5.97 Å². The first-order valence-electron chi connectivity index (χ1n) is 6.70. The van der Waals surface area contributed by atoms with E-state index in [0.717, 1.165) is 5.52 Å². The van der Waals surface area contributed by atoms with E-state index in [-0.39, 0.29) is 11.5 Å². The number of carboxylic acids is 1. The lowest BCUT2D eigenvalue weighted by atomic mass is 10.2. The molecule has 0 unspecified atom stereocenters. The molecule has 0 saturated carbocycles. The summed E-state index contributed by atoms with van der Waals surface area (Å²) >= 11 is 0. The van der Waals surface area contributed by atoms with Crippen LogP contribution in [-0.2, 0) is 6.54 Å². The van der Waals surface area contributed by atoms with E-state index in [9.17, 15) is 9.90 Å². The standard InChI is InChI=1S/C15H15N3O3/c1-9(2)14-16-13(21-17-14)8-18-7-11(15(19)20)10-5-3-4-6-12(10)18/h3-7,9H,8H2,1-2H3,(H,19,20). The Hall–Kier alpha value is -2.63. The van der Waals surface area contributed by atoms with Gasteiger partial charge in [-0.3, -0.25) is 0 Å². The van der Waals surface area contributed by atoms with Crippen LogP contribution in [0.1, 0.15) is 41.8 Å². The van der Waals surface area contributed by atoms with E-state index in [1.54, 1.807) is 12.3 Å². The number of nitrogens with zero attached hydrogens (tertiary/aromatic N) is 3. The van der Waals surface area contributed by atoms with Crippen molar-refractivity contribution in [3.8, 4) is 0 Å². The van der Waals surface area contributed by atoms with Gasteiger partial charge in [-0.25, -0.2) is 4.79 Å². The van der Waals surface area contributed by atoms with Crippen LogP contribution in [0.3, 0.4) is 0 Å². The predicted molar refractivity (Wildman–Crippen MR) is 76.4 cm³/mol. The Morgan fingerprint density at radius 3 is 2.81 bits per heavy atom. The molecule has 0 radical (unpaired) electrons. The normalized spacial score (nSPS) is 11.4. The van der Waals surface area contributed by atoms with Crippen molar-refractivity contribution in [1.82, 2.24) is 14.7 Å². The van der Waals surface area contributed by atoms with Crippen LogP contribution in [0.15, 0.2) is 35.0 Å². The van der Waals surface area contributed by atoms with Crippen LogP contribution in [0, 0.1) is 0 Å². The first-order valence-corrected chi connectivity index (χ1v) is 6.70. The minimum absolute atomic E-state index is 0.193. The highest BCUT2D eigenvalue weighted by Gasteiger charge is 2.16. The summed E-state index contributed by atoms with van der Waals surface area (Å²) in [6, 6.07) is 7.37. The van der Waals surface area contributed by atoms with E-state index in [2.05, 4.69) is 10.1 Å². The molecule has 21 heavy (non-hydrogen) atoms. The maximum absolute atomic E-state index is 11.3. The first kappa shape index (κ1) is 13.4. The quantitative estimate of drug-likeness (QED) is 0.797. The minimum atomic E-state index is -0.946. The largest absolute Gasteiger partial charge is 0.478 e. The summed E-state index contributed by atoms with van der Waals surface area (Å²) in [6.45, 7) is 4.33. The molecule has 0 fully saturated rings. The van der Waals surface area contributed by atoms with Gasteiger partial charge in [0.1, 0.15) is 6.54 Å². The van der Waals surface area contributed by atoms with E-state index >= 15 is 0 Å². The lowest BCUT2D eigenvalue weighted by Gasteiger charge is -2.00. The first-order chi connectivity index (χ1) is 10.1. The monoisotopic (exact) mass is 285 g/mol. The lowest BCUT2D eigenvalue weighted by Crippen LogP contribution is -1.99. The Bertz CT molecular complexity index is 801. The van der Waals surface area contributed by atoms with Gasteiger partial charge in [-0.2, -0.15) is 4.98 Å². The molecule has 6 nitrogen and oxygen atoms in total. The number of aromatic nitrogens is 3. The number of hydrogen-bond donors (Lipinski definition) is 1. The van der Waals surface area contributed by atoms with Gasteiger partial charge in [-0.15, -0.1) is 0 Å². The molecule has 0 aliphatic carbocycles. The van der Waals surface area contributed by atoms with Gasteiger partial charge in [0.15, 0.2) is 5.82 Å². The van der Waals surface area contributed by atoms with E-state index in [4.69, 9.17) is 4.52 Å². The Kier molecular flexibility index (Phi) is 3.21. The van der Waals surface area contributed by atoms with Gasteiger partial charge in [0.2, 0.25) is 5.89 Å². The summed E-state index contributed by atoms with van der Waals surface area (Å²) in [7, 11) is 0. The smallest absolute Gasteiger partial charge is 0.337 e. The molecule has 2 aromatic heterocycles. The number of carbonyl (C=O) groups is 1. The SMILES string of the molecule is CC(C)c1noc(Cn2cc(C(=O)O)c3ccccc32)n1. The third-order valence-corrected chi connectivity index (χ3v) is 3.32. The highest BCUT2D eigenvalue weighted by molar-refractivity contribution is 6.03. The zero-order valence-corrected chi connectivity index (χ0v) is 11.8. The fraction of sp³-hybridized carbons (Fsp3) is 0.267. The number of carboxylic acid groups (broad SMARTS) is 1. The topological polar surface area (TPSA) is 81.2 Å². The number of benzene rings is 1. The van der Waals surface area contributed by atoms with Crippen molar-refractivity contribution >= 4 is 16.9 Å². The molecule has 0 spiro atoms. The average Bonchev–Trinajstić information content (AvgIpc) is 3.05. The summed E-state index contributed by atoms with van der Waals surface area (Å²) in [5, 5.41) is 13.9. The zero-order valence-electron chi connectivity index (χ0n) is 11.8. The van der Waals surface area contributed by atoms with Gasteiger partial charge in [0.25, 0.3) is 0 Å². The molecular weight excluding hydrogens is 270 g/mol. The van der Waals surface area contributed by atoms with E-state index in [0.29, 0.717) is 23.6 Å². The van der Waals surface area contributed by atoms with Crippen molar-refractivity contribution in [2.24, 2.45) is 0 Å². The van der Waals surface area contributed by atoms with Crippen molar-refractivity contribution in [3.05, 3.63) is 47.7 Å². The summed E-state index contributed by atoms with van der Waals surface area (Å²) in [5.41, 5.74) is 1.10. The third kappa shape index (κ3) is 2.40. The highest BCUT2D eigenvalue weighted by atomic mass is 16.5. The van der Waals surface area contributed by atoms with Gasteiger partial charge in [0.05, 0.1) is 5.56 Å². The highest BCUT2D eigenvalue weighted by Crippen LogP contribution is 2.22. The van der Waals surface area contributed by atoms with Crippen LogP contribution < -0.4 is 0 Å². The van der Waals surface area contributed by atoms with Gasteiger partial charge in [-0.1, -0.05) is 37.2 Å². The van der Waals surface area contributed by atoms with Gasteiger partial charge in [-0.05, 0) is 6.07 Å². The number of aromatic carboxylic acids is 1. The second kappa shape index (κ2) is 5.05. The molecule has 0 aliphatic heterocycles. The van der Waals surface area contributed by atoms with Crippen molar-refractivity contribution in [2.75, 3.05) is 0 Å². The summed E-state index contributed by atoms with van der Waals surface area (Å²) < 4.78 is 7.04. The van der Waals surface area contributed by atoms with Crippen LogP contribution in [0.25, 0.3) is 10.9 Å². The predicted octanol–water partition coefficient (Wildman–Crippen LogP) is 2.89. The van der Waals surface area contributed by atoms with Crippen molar-refractivity contribution in [1.29, 1.82) is 0 Å². The van der Waals surface area contributed by atoms with Crippen LogP contribution >= 0.6 is 0 Å². The number of rotatable bonds is 4. The summed E-state index contributed by atoms with van der Waals surface area (Å²) in [4.78, 5) is 15.6. The fourth-order valence-electron chi connectivity index (χ4n) is 2.26. The molecule has 0 amide bonds. The Morgan fingerprint density at radius 1 is 1.38 bits per heavy atom. The van der Waals surface area contributed by atoms with Crippen LogP contribution in [0.4, 0.5) is 0 Å². The molecule has 0 aliphatic rings. The van der Waals surface area contributed by atoms with Crippen LogP contribution in [0.5, 0.6) is 0 Å². The summed E-state index contributed by atoms with van der Waals surface area (Å²) in [5.74, 6) is 0.369. The van der Waals surface area contributed by atoms with Crippen LogP contribution in [-0.4, -0.2) is 25.8 Å². The molecular formula is C15H15N3O3. The molecule has 1 aromatic carbocycles. The van der Waals surface area contributed by atoms with Crippen molar-refractivity contribution < 1.29 is 14.4 Å². The Morgan fingerprint density at radius 2 is 2.14 bits per heavy atom. The minimum Gasteiger partial charge on any atom is -0.478 e. The van der Waals surface area contributed by atoms with E-state index in [1.165, 1.54) is 0 Å². The maximum Gasteiger partial charge on any atom is 0.337 e. The van der Waals surface area contributed by atoms with Gasteiger partial charge < -0.3 is 14.2 Å². The molecule has 1 N–H and O–H groups in total. The van der Waals surface area contributed by atoms with E-state index in [1.807, 2.05) is 36.6 Å². The van der Waals surface area contributed by atoms with E-state index < -0.39 is 5.97 Å². The summed E-state index contributed by atoms with van der Waals surface area (Å²) in [6.07, 6.45) is 1.60. The van der Waals surface area contributed by atoms with Crippen molar-refractivity contribution in [2.45, 2.75) is 26.3 Å². The van der Waals surface area contributed by atoms with Crippen molar-refractivity contribution in [3.63, 3.8) is 0 Å². The second-order valence-corrected chi connectivity index (χ2v) is 5.19. The molecule has 3 rings (SSSR count). The molecule has 0 atom stereocenters. The number of para-hydroxylation sites is 1. The van der Waals surface area contributed by atoms with Gasteiger partial charge in [0, 0.05) is 23.0 Å². The average molecular weight is 285 g/mol. The molecule has 108 valence electrons. The molecule has 2 heterocycles. The lowest BCUT2D eigenvalue weighted by molar-refractivity contribution is 0.0698. The van der Waals surface area contributed by atoms with Crippen LogP contribution in [0.2, 0.25) is 0 Å². The number of hydrogen-bond acceptors (Lipinski definition) is 4.